The third-order valence-corrected chi connectivity index (χ3v) is 1.55. The topological polar surface area (TPSA) is 63.4 Å². The number of benzene rings is 1. The average molecular weight is 188 g/mol. The van der Waals surface area contributed by atoms with Gasteiger partial charge in [-0.25, -0.2) is 0 Å². The lowest BCUT2D eigenvalue weighted by atomic mass is 10.2. The first-order chi connectivity index (χ1) is 5.63. The number of rotatable bonds is 2. The van der Waals surface area contributed by atoms with E-state index >= 15 is 0 Å². The van der Waals surface area contributed by atoms with E-state index in [2.05, 4.69) is 0 Å². The van der Waals surface area contributed by atoms with Crippen LogP contribution in [0.15, 0.2) is 18.2 Å². The Labute approximate surface area is 73.5 Å². The normalized spacial score (nSPS) is 9.83. The fourth-order valence-electron chi connectivity index (χ4n) is 0.830. The summed E-state index contributed by atoms with van der Waals surface area (Å²) in [6.45, 7) is -0.249. The highest BCUT2D eigenvalue weighted by Gasteiger charge is 2.07. The molecule has 0 spiro atoms. The van der Waals surface area contributed by atoms with Crippen molar-refractivity contribution in [2.45, 2.75) is 6.61 Å². The Kier molecular flexibility index (Phi) is 2.62. The molecular formula is C7H6ClNO3. The molecule has 0 aromatic heterocycles. The van der Waals surface area contributed by atoms with E-state index in [0.717, 1.165) is 0 Å². The summed E-state index contributed by atoms with van der Waals surface area (Å²) in [6.07, 6.45) is 0. The van der Waals surface area contributed by atoms with E-state index < -0.39 is 4.92 Å². The van der Waals surface area contributed by atoms with Gasteiger partial charge in [0.2, 0.25) is 0 Å². The minimum absolute atomic E-state index is 0.105. The summed E-state index contributed by atoms with van der Waals surface area (Å²) in [4.78, 5) is 9.74. The molecule has 0 heterocycles. The summed E-state index contributed by atoms with van der Waals surface area (Å²) in [6, 6.07) is 4.00. The van der Waals surface area contributed by atoms with Gasteiger partial charge in [-0.2, -0.15) is 0 Å². The molecule has 4 nitrogen and oxygen atoms in total. The van der Waals surface area contributed by atoms with E-state index in [0.29, 0.717) is 5.56 Å². The van der Waals surface area contributed by atoms with Crippen molar-refractivity contribution in [1.82, 2.24) is 0 Å². The van der Waals surface area contributed by atoms with Crippen LogP contribution < -0.4 is 0 Å². The Hall–Kier alpha value is -1.13. The zero-order valence-corrected chi connectivity index (χ0v) is 6.78. The lowest BCUT2D eigenvalue weighted by molar-refractivity contribution is -0.384. The lowest BCUT2D eigenvalue weighted by Gasteiger charge is -1.97. The molecule has 0 aliphatic rings. The molecule has 0 fully saturated rings. The summed E-state index contributed by atoms with van der Waals surface area (Å²) < 4.78 is 0. The molecule has 0 saturated carbocycles. The highest BCUT2D eigenvalue weighted by molar-refractivity contribution is 6.30. The minimum atomic E-state index is -0.551. The van der Waals surface area contributed by atoms with Gasteiger partial charge in [0, 0.05) is 17.2 Å². The molecule has 0 aliphatic carbocycles. The maximum Gasteiger partial charge on any atom is 0.271 e. The molecule has 0 saturated heterocycles. The van der Waals surface area contributed by atoms with E-state index in [-0.39, 0.29) is 17.3 Å². The molecule has 0 unspecified atom stereocenters. The summed E-state index contributed by atoms with van der Waals surface area (Å²) in [5.41, 5.74) is 0.334. The van der Waals surface area contributed by atoms with Crippen LogP contribution >= 0.6 is 11.6 Å². The van der Waals surface area contributed by atoms with Crippen molar-refractivity contribution < 1.29 is 10.0 Å². The van der Waals surface area contributed by atoms with Crippen molar-refractivity contribution in [3.05, 3.63) is 38.9 Å². The van der Waals surface area contributed by atoms with Crippen LogP contribution in [0.25, 0.3) is 0 Å². The zero-order valence-electron chi connectivity index (χ0n) is 6.03. The molecular weight excluding hydrogens is 182 g/mol. The number of nitrogens with zero attached hydrogens (tertiary/aromatic N) is 1. The van der Waals surface area contributed by atoms with Crippen LogP contribution in [-0.4, -0.2) is 10.0 Å². The van der Waals surface area contributed by atoms with Gasteiger partial charge in [-0.3, -0.25) is 10.1 Å². The Morgan fingerprint density at radius 3 is 2.67 bits per heavy atom. The van der Waals surface area contributed by atoms with Crippen LogP contribution in [0, 0.1) is 10.1 Å². The largest absolute Gasteiger partial charge is 0.392 e. The quantitative estimate of drug-likeness (QED) is 0.567. The van der Waals surface area contributed by atoms with Crippen LogP contribution in [0.2, 0.25) is 5.02 Å². The van der Waals surface area contributed by atoms with E-state index in [1.165, 1.54) is 18.2 Å². The number of hydrogen-bond donors (Lipinski definition) is 1. The molecule has 0 aliphatic heterocycles. The van der Waals surface area contributed by atoms with E-state index in [1.807, 2.05) is 0 Å². The standard InChI is InChI=1S/C7H6ClNO3/c8-6-1-5(4-10)2-7(3-6)9(11)12/h1-3,10H,4H2. The van der Waals surface area contributed by atoms with Gasteiger partial charge in [-0.1, -0.05) is 11.6 Å². The predicted octanol–water partition coefficient (Wildman–Crippen LogP) is 1.74. The Morgan fingerprint density at radius 2 is 2.17 bits per heavy atom. The van der Waals surface area contributed by atoms with Gasteiger partial charge in [0.05, 0.1) is 11.5 Å². The van der Waals surface area contributed by atoms with Crippen molar-refractivity contribution in [2.75, 3.05) is 0 Å². The second-order valence-electron chi connectivity index (χ2n) is 2.23. The van der Waals surface area contributed by atoms with Crippen LogP contribution in [0.4, 0.5) is 5.69 Å². The number of non-ortho nitro benzene ring substituents is 1. The fraction of sp³-hybridized carbons (Fsp3) is 0.143. The van der Waals surface area contributed by atoms with Crippen LogP contribution in [0.1, 0.15) is 5.56 Å². The first kappa shape index (κ1) is 8.96. The molecule has 12 heavy (non-hydrogen) atoms. The highest BCUT2D eigenvalue weighted by atomic mass is 35.5. The second kappa shape index (κ2) is 3.51. The Balaban J connectivity index is 3.15. The number of hydrogen-bond acceptors (Lipinski definition) is 3. The van der Waals surface area contributed by atoms with E-state index in [9.17, 15) is 10.1 Å². The van der Waals surface area contributed by atoms with E-state index in [4.69, 9.17) is 16.7 Å². The first-order valence-corrected chi connectivity index (χ1v) is 3.56. The van der Waals surface area contributed by atoms with Crippen LogP contribution in [-0.2, 0) is 6.61 Å². The molecule has 1 rings (SSSR count). The van der Waals surface area contributed by atoms with Crippen LogP contribution in [0.5, 0.6) is 0 Å². The van der Waals surface area contributed by atoms with E-state index in [1.54, 1.807) is 0 Å². The first-order valence-electron chi connectivity index (χ1n) is 3.18. The number of nitro benzene ring substituents is 1. The molecule has 0 radical (unpaired) electrons. The summed E-state index contributed by atoms with van der Waals surface area (Å²) >= 11 is 5.56. The fourth-order valence-corrected chi connectivity index (χ4v) is 1.08. The second-order valence-corrected chi connectivity index (χ2v) is 2.67. The third-order valence-electron chi connectivity index (χ3n) is 1.34. The summed E-state index contributed by atoms with van der Waals surface area (Å²) in [5, 5.41) is 19.2. The number of aliphatic hydroxyl groups excluding tert-OH is 1. The highest BCUT2D eigenvalue weighted by Crippen LogP contribution is 2.20. The smallest absolute Gasteiger partial charge is 0.271 e. The Morgan fingerprint density at radius 1 is 1.50 bits per heavy atom. The number of halogens is 1. The van der Waals surface area contributed by atoms with Crippen molar-refractivity contribution in [3.63, 3.8) is 0 Å². The van der Waals surface area contributed by atoms with Crippen LogP contribution in [0.3, 0.4) is 0 Å². The molecule has 5 heteroatoms. The van der Waals surface area contributed by atoms with Crippen molar-refractivity contribution >= 4 is 17.3 Å². The zero-order chi connectivity index (χ0) is 9.14. The predicted molar refractivity (Wildman–Crippen MR) is 44.0 cm³/mol. The van der Waals surface area contributed by atoms with Gasteiger partial charge in [-0.15, -0.1) is 0 Å². The molecule has 1 N–H and O–H groups in total. The van der Waals surface area contributed by atoms with Crippen molar-refractivity contribution in [3.8, 4) is 0 Å². The van der Waals surface area contributed by atoms with Gasteiger partial charge in [0.25, 0.3) is 5.69 Å². The number of nitro groups is 1. The molecule has 1 aromatic carbocycles. The third kappa shape index (κ3) is 1.93. The molecule has 64 valence electrons. The average Bonchev–Trinajstić information content (AvgIpc) is 2.03. The van der Waals surface area contributed by atoms with Gasteiger partial charge in [-0.05, 0) is 11.6 Å². The van der Waals surface area contributed by atoms with Gasteiger partial charge in [0.1, 0.15) is 0 Å². The Bertz CT molecular complexity index is 314. The van der Waals surface area contributed by atoms with Gasteiger partial charge < -0.3 is 5.11 Å². The minimum Gasteiger partial charge on any atom is -0.392 e. The summed E-state index contributed by atoms with van der Waals surface area (Å²) in [7, 11) is 0. The van der Waals surface area contributed by atoms with Crippen molar-refractivity contribution in [2.24, 2.45) is 0 Å². The molecule has 0 atom stereocenters. The SMILES string of the molecule is O=[N+]([O-])c1cc(Cl)cc(CO)c1. The number of aliphatic hydroxyl groups is 1. The van der Waals surface area contributed by atoms with Gasteiger partial charge >= 0.3 is 0 Å². The van der Waals surface area contributed by atoms with Crippen molar-refractivity contribution in [1.29, 1.82) is 0 Å². The summed E-state index contributed by atoms with van der Waals surface area (Å²) in [5.74, 6) is 0. The maximum absolute atomic E-state index is 10.3. The molecule has 0 bridgehead atoms. The molecule has 0 amide bonds. The molecule has 1 aromatic rings. The van der Waals surface area contributed by atoms with Gasteiger partial charge in [0.15, 0.2) is 0 Å². The maximum atomic E-state index is 10.3. The lowest BCUT2D eigenvalue weighted by Crippen LogP contribution is -1.90. The monoisotopic (exact) mass is 187 g/mol.